The van der Waals surface area contributed by atoms with Gasteiger partial charge in [-0.25, -0.2) is 0 Å². The highest BCUT2D eigenvalue weighted by atomic mass is 16.5. The molecule has 2 amide bonds. The van der Waals surface area contributed by atoms with E-state index in [4.69, 9.17) is 4.74 Å². The van der Waals surface area contributed by atoms with Gasteiger partial charge < -0.3 is 14.5 Å². The lowest BCUT2D eigenvalue weighted by molar-refractivity contribution is -0.136. The summed E-state index contributed by atoms with van der Waals surface area (Å²) < 4.78 is 6.00. The quantitative estimate of drug-likeness (QED) is 0.825. The number of likely N-dealkylation sites (tertiary alicyclic amines) is 1. The van der Waals surface area contributed by atoms with Crippen molar-refractivity contribution in [3.8, 4) is 11.1 Å². The first-order valence-electron chi connectivity index (χ1n) is 9.52. The Morgan fingerprint density at radius 3 is 2.85 bits per heavy atom. The Labute approximate surface area is 158 Å². The third kappa shape index (κ3) is 2.34. The number of carbonyl (C=O) groups excluding carboxylic acids is 2. The van der Waals surface area contributed by atoms with Crippen LogP contribution in [-0.4, -0.2) is 53.1 Å². The SMILES string of the molecule is Cc1ccccc1-c1cccc(C(=O)N2CC[C@@]34OCCN3C(=O)C[C@@H]24)c1. The molecule has 3 saturated heterocycles. The molecule has 3 fully saturated rings. The smallest absolute Gasteiger partial charge is 0.254 e. The minimum Gasteiger partial charge on any atom is -0.351 e. The van der Waals surface area contributed by atoms with Crippen LogP contribution in [0.25, 0.3) is 11.1 Å². The Hall–Kier alpha value is -2.66. The fraction of sp³-hybridized carbons (Fsp3) is 0.364. The molecule has 5 heteroatoms. The lowest BCUT2D eigenvalue weighted by Gasteiger charge is -2.31. The van der Waals surface area contributed by atoms with E-state index in [-0.39, 0.29) is 17.9 Å². The highest BCUT2D eigenvalue weighted by Crippen LogP contribution is 2.46. The van der Waals surface area contributed by atoms with Gasteiger partial charge in [-0.3, -0.25) is 9.59 Å². The van der Waals surface area contributed by atoms with Crippen molar-refractivity contribution in [3.05, 3.63) is 59.7 Å². The van der Waals surface area contributed by atoms with Gasteiger partial charge in [-0.15, -0.1) is 0 Å². The van der Waals surface area contributed by atoms with E-state index in [1.807, 2.05) is 46.2 Å². The summed E-state index contributed by atoms with van der Waals surface area (Å²) in [6.45, 7) is 3.90. The molecule has 27 heavy (non-hydrogen) atoms. The molecule has 0 aromatic heterocycles. The number of ether oxygens (including phenoxy) is 1. The fourth-order valence-electron chi connectivity index (χ4n) is 4.92. The van der Waals surface area contributed by atoms with Gasteiger partial charge in [-0.1, -0.05) is 36.4 Å². The molecule has 2 atom stereocenters. The second-order valence-corrected chi connectivity index (χ2v) is 7.60. The fourth-order valence-corrected chi connectivity index (χ4v) is 4.92. The largest absolute Gasteiger partial charge is 0.351 e. The maximum atomic E-state index is 13.3. The minimum absolute atomic E-state index is 0.0162. The van der Waals surface area contributed by atoms with Gasteiger partial charge in [0.2, 0.25) is 5.91 Å². The lowest BCUT2D eigenvalue weighted by atomic mass is 9.98. The molecule has 2 aromatic rings. The first kappa shape index (κ1) is 16.5. The molecule has 0 aliphatic carbocycles. The zero-order chi connectivity index (χ0) is 18.6. The Balaban J connectivity index is 1.46. The average molecular weight is 362 g/mol. The van der Waals surface area contributed by atoms with Crippen molar-refractivity contribution in [3.63, 3.8) is 0 Å². The average Bonchev–Trinajstić information content (AvgIpc) is 3.33. The lowest BCUT2D eigenvalue weighted by Crippen LogP contribution is -2.48. The van der Waals surface area contributed by atoms with E-state index >= 15 is 0 Å². The molecule has 0 radical (unpaired) electrons. The van der Waals surface area contributed by atoms with E-state index in [2.05, 4.69) is 19.1 Å². The predicted molar refractivity (Wildman–Crippen MR) is 101 cm³/mol. The number of benzene rings is 2. The molecular weight excluding hydrogens is 340 g/mol. The maximum Gasteiger partial charge on any atom is 0.254 e. The van der Waals surface area contributed by atoms with Crippen LogP contribution in [0.2, 0.25) is 0 Å². The molecule has 0 bridgehead atoms. The van der Waals surface area contributed by atoms with Crippen LogP contribution in [0.5, 0.6) is 0 Å². The molecule has 3 aliphatic rings. The number of aryl methyl sites for hydroxylation is 1. The first-order chi connectivity index (χ1) is 13.1. The van der Waals surface area contributed by atoms with Crippen LogP contribution >= 0.6 is 0 Å². The van der Waals surface area contributed by atoms with Gasteiger partial charge in [0, 0.05) is 25.1 Å². The van der Waals surface area contributed by atoms with Crippen LogP contribution in [0.15, 0.2) is 48.5 Å². The number of hydrogen-bond acceptors (Lipinski definition) is 3. The van der Waals surface area contributed by atoms with E-state index in [9.17, 15) is 9.59 Å². The Morgan fingerprint density at radius 1 is 1.15 bits per heavy atom. The van der Waals surface area contributed by atoms with Crippen LogP contribution in [-0.2, 0) is 9.53 Å². The van der Waals surface area contributed by atoms with Gasteiger partial charge in [-0.2, -0.15) is 0 Å². The third-order valence-electron chi connectivity index (χ3n) is 6.23. The molecule has 138 valence electrons. The van der Waals surface area contributed by atoms with Crippen LogP contribution in [0.1, 0.15) is 28.8 Å². The van der Waals surface area contributed by atoms with Gasteiger partial charge in [0.1, 0.15) is 0 Å². The molecule has 2 aromatic carbocycles. The van der Waals surface area contributed by atoms with Crippen molar-refractivity contribution >= 4 is 11.8 Å². The molecular formula is C22H22N2O3. The monoisotopic (exact) mass is 362 g/mol. The summed E-state index contributed by atoms with van der Waals surface area (Å²) in [5.41, 5.74) is 3.43. The Morgan fingerprint density at radius 2 is 2.00 bits per heavy atom. The van der Waals surface area contributed by atoms with E-state index in [0.717, 1.165) is 11.1 Å². The summed E-state index contributed by atoms with van der Waals surface area (Å²) in [5.74, 6) is 0.0844. The van der Waals surface area contributed by atoms with E-state index in [1.54, 1.807) is 0 Å². The van der Waals surface area contributed by atoms with E-state index in [1.165, 1.54) is 5.56 Å². The molecule has 0 saturated carbocycles. The number of nitrogens with zero attached hydrogens (tertiary/aromatic N) is 2. The standard InChI is InChI=1S/C22H22N2O3/c1-15-5-2-3-8-18(15)16-6-4-7-17(13-16)21(26)23-10-9-22-19(23)14-20(25)24(22)11-12-27-22/h2-8,13,19H,9-12,14H2,1H3/t19-,22+/m1/s1. The number of hydrogen-bond donors (Lipinski definition) is 0. The molecule has 5 rings (SSSR count). The molecule has 1 spiro atoms. The molecule has 3 heterocycles. The summed E-state index contributed by atoms with van der Waals surface area (Å²) in [6.07, 6.45) is 1.07. The van der Waals surface area contributed by atoms with Crippen LogP contribution < -0.4 is 0 Å². The van der Waals surface area contributed by atoms with Crippen molar-refractivity contribution < 1.29 is 14.3 Å². The van der Waals surface area contributed by atoms with E-state index < -0.39 is 5.72 Å². The highest BCUT2D eigenvalue weighted by Gasteiger charge is 2.62. The summed E-state index contributed by atoms with van der Waals surface area (Å²) in [7, 11) is 0. The number of carbonyl (C=O) groups is 2. The van der Waals surface area contributed by atoms with Crippen molar-refractivity contribution in [1.29, 1.82) is 0 Å². The molecule has 5 nitrogen and oxygen atoms in total. The summed E-state index contributed by atoms with van der Waals surface area (Å²) >= 11 is 0. The molecule has 0 N–H and O–H groups in total. The summed E-state index contributed by atoms with van der Waals surface area (Å²) in [4.78, 5) is 29.3. The second kappa shape index (κ2) is 5.92. The second-order valence-electron chi connectivity index (χ2n) is 7.60. The summed E-state index contributed by atoms with van der Waals surface area (Å²) in [6, 6.07) is 15.8. The molecule has 3 aliphatic heterocycles. The third-order valence-corrected chi connectivity index (χ3v) is 6.23. The van der Waals surface area contributed by atoms with Gasteiger partial charge in [-0.05, 0) is 35.7 Å². The zero-order valence-electron chi connectivity index (χ0n) is 15.4. The van der Waals surface area contributed by atoms with Crippen LogP contribution in [0.3, 0.4) is 0 Å². The van der Waals surface area contributed by atoms with E-state index in [0.29, 0.717) is 38.1 Å². The number of amides is 2. The van der Waals surface area contributed by atoms with Crippen molar-refractivity contribution in [2.45, 2.75) is 31.5 Å². The van der Waals surface area contributed by atoms with Gasteiger partial charge >= 0.3 is 0 Å². The normalized spacial score (nSPS) is 26.4. The maximum absolute atomic E-state index is 13.3. The molecule has 0 unspecified atom stereocenters. The topological polar surface area (TPSA) is 49.9 Å². The van der Waals surface area contributed by atoms with Gasteiger partial charge in [0.05, 0.1) is 19.1 Å². The Kier molecular flexibility index (Phi) is 3.62. The van der Waals surface area contributed by atoms with Crippen LogP contribution in [0, 0.1) is 6.92 Å². The van der Waals surface area contributed by atoms with Crippen LogP contribution in [0.4, 0.5) is 0 Å². The predicted octanol–water partition coefficient (Wildman–Crippen LogP) is 2.84. The highest BCUT2D eigenvalue weighted by molar-refractivity contribution is 5.97. The number of rotatable bonds is 2. The van der Waals surface area contributed by atoms with Crippen molar-refractivity contribution in [2.24, 2.45) is 0 Å². The van der Waals surface area contributed by atoms with Crippen molar-refractivity contribution in [2.75, 3.05) is 19.7 Å². The summed E-state index contributed by atoms with van der Waals surface area (Å²) in [5, 5.41) is 0. The Bertz CT molecular complexity index is 941. The van der Waals surface area contributed by atoms with Gasteiger partial charge in [0.25, 0.3) is 5.91 Å². The van der Waals surface area contributed by atoms with Gasteiger partial charge in [0.15, 0.2) is 5.72 Å². The first-order valence-corrected chi connectivity index (χ1v) is 9.52. The zero-order valence-corrected chi connectivity index (χ0v) is 15.4. The van der Waals surface area contributed by atoms with Crippen molar-refractivity contribution in [1.82, 2.24) is 9.80 Å². The minimum atomic E-state index is -0.583.